The van der Waals surface area contributed by atoms with E-state index >= 15 is 0 Å². The number of carbonyl (C=O) groups excluding carboxylic acids is 3. The van der Waals surface area contributed by atoms with Crippen LogP contribution in [0, 0.1) is 11.8 Å². The van der Waals surface area contributed by atoms with Gasteiger partial charge in [0.05, 0.1) is 24.7 Å². The van der Waals surface area contributed by atoms with Gasteiger partial charge in [0.15, 0.2) is 14.6 Å². The molecule has 6 unspecified atom stereocenters. The van der Waals surface area contributed by atoms with Crippen LogP contribution < -0.4 is 16.1 Å². The van der Waals surface area contributed by atoms with Crippen LogP contribution in [0.4, 0.5) is 0 Å². The third kappa shape index (κ3) is 13.1. The molecule has 43 heavy (non-hydrogen) atoms. The maximum Gasteiger partial charge on any atom is 0.258 e. The number of hydrogen-bond donors (Lipinski definition) is 4. The Kier molecular flexibility index (Phi) is 16.0. The van der Waals surface area contributed by atoms with Crippen LogP contribution in [0.25, 0.3) is 0 Å². The van der Waals surface area contributed by atoms with Gasteiger partial charge in [0.25, 0.3) is 5.91 Å². The van der Waals surface area contributed by atoms with Crippen molar-refractivity contribution >= 4 is 60.8 Å². The topological polar surface area (TPSA) is 129 Å². The van der Waals surface area contributed by atoms with Crippen LogP contribution in [-0.4, -0.2) is 83.6 Å². The molecular weight excluding hydrogens is 635 g/mol. The summed E-state index contributed by atoms with van der Waals surface area (Å²) in [4.78, 5) is 40.0. The molecule has 4 N–H and O–H groups in total. The fraction of sp³-hybridized carbons (Fsp3) is 0.828. The molecule has 1 aliphatic rings. The fourth-order valence-corrected chi connectivity index (χ4v) is 5.93. The number of hydrazine groups is 1. The summed E-state index contributed by atoms with van der Waals surface area (Å²) >= 11 is 17.1. The van der Waals surface area contributed by atoms with E-state index in [0.717, 1.165) is 0 Å². The lowest BCUT2D eigenvalue weighted by molar-refractivity contribution is -0.155. The number of allylic oxidation sites excluding steroid dienone is 1. The molecule has 0 aliphatic carbocycles. The molecule has 3 amide bonds. The first-order valence-corrected chi connectivity index (χ1v) is 19.0. The average molecular weight is 688 g/mol. The molecule has 250 valence electrons. The van der Waals surface area contributed by atoms with Gasteiger partial charge in [-0.05, 0) is 56.7 Å². The van der Waals surface area contributed by atoms with E-state index in [4.69, 9.17) is 44.0 Å². The molecule has 14 heteroatoms. The van der Waals surface area contributed by atoms with Crippen molar-refractivity contribution in [3.8, 4) is 0 Å². The average Bonchev–Trinajstić information content (AvgIpc) is 2.90. The lowest BCUT2D eigenvalue weighted by Gasteiger charge is -2.41. The summed E-state index contributed by atoms with van der Waals surface area (Å²) in [6.45, 7) is 21.7. The molecule has 1 saturated heterocycles. The van der Waals surface area contributed by atoms with Gasteiger partial charge in [-0.2, -0.15) is 0 Å². The summed E-state index contributed by atoms with van der Waals surface area (Å²) in [5.41, 5.74) is 2.94. The third-order valence-electron chi connectivity index (χ3n) is 8.10. The van der Waals surface area contributed by atoms with Gasteiger partial charge in [0.2, 0.25) is 15.6 Å². The third-order valence-corrected chi connectivity index (χ3v) is 12.9. The summed E-state index contributed by atoms with van der Waals surface area (Å²) in [7, 11) is -2.17. The predicted molar refractivity (Wildman–Crippen MR) is 175 cm³/mol. The van der Waals surface area contributed by atoms with E-state index in [9.17, 15) is 19.5 Å². The van der Waals surface area contributed by atoms with E-state index in [-0.39, 0.29) is 29.6 Å². The van der Waals surface area contributed by atoms with E-state index in [1.807, 2.05) is 26.8 Å². The molecule has 0 spiro atoms. The number of ether oxygens (including phenoxy) is 1. The zero-order chi connectivity index (χ0) is 33.3. The van der Waals surface area contributed by atoms with Crippen LogP contribution in [0.5, 0.6) is 0 Å². The summed E-state index contributed by atoms with van der Waals surface area (Å²) < 4.78 is 10.2. The first kappa shape index (κ1) is 40.1. The monoisotopic (exact) mass is 686 g/mol. The number of rotatable bonds is 15. The second kappa shape index (κ2) is 17.1. The highest BCUT2D eigenvalue weighted by Crippen LogP contribution is 2.38. The molecular formula is C29H53Cl3N4O6Si. The van der Waals surface area contributed by atoms with Crippen LogP contribution in [0.1, 0.15) is 74.1 Å². The summed E-state index contributed by atoms with van der Waals surface area (Å²) in [6.07, 6.45) is 2.63. The van der Waals surface area contributed by atoms with E-state index in [1.165, 1.54) is 5.01 Å². The van der Waals surface area contributed by atoms with Gasteiger partial charge in [-0.25, -0.2) is 5.43 Å². The zero-order valence-corrected chi connectivity index (χ0v) is 30.4. The second-order valence-corrected chi connectivity index (χ2v) is 20.5. The molecule has 0 aromatic rings. The molecule has 1 heterocycles. The molecule has 0 saturated carbocycles. The molecule has 0 radical (unpaired) electrons. The Labute approximate surface area is 274 Å². The van der Waals surface area contributed by atoms with Gasteiger partial charge in [-0.15, -0.1) is 6.58 Å². The highest BCUT2D eigenvalue weighted by atomic mass is 35.6. The summed E-state index contributed by atoms with van der Waals surface area (Å²) in [5, 5.41) is 17.3. The minimum Gasteiger partial charge on any atom is -0.413 e. The Bertz CT molecular complexity index is 944. The number of alkyl halides is 3. The van der Waals surface area contributed by atoms with Crippen molar-refractivity contribution in [3.63, 3.8) is 0 Å². The lowest BCUT2D eigenvalue weighted by atomic mass is 9.97. The Morgan fingerprint density at radius 3 is 2.23 bits per heavy atom. The fourth-order valence-electron chi connectivity index (χ4n) is 4.31. The van der Waals surface area contributed by atoms with Crippen molar-refractivity contribution in [2.75, 3.05) is 13.2 Å². The zero-order valence-electron chi connectivity index (χ0n) is 27.1. The van der Waals surface area contributed by atoms with Gasteiger partial charge < -0.3 is 24.9 Å². The van der Waals surface area contributed by atoms with Gasteiger partial charge in [0, 0.05) is 6.54 Å². The molecule has 10 nitrogen and oxygen atoms in total. The van der Waals surface area contributed by atoms with Gasteiger partial charge in [-0.3, -0.25) is 19.4 Å². The summed E-state index contributed by atoms with van der Waals surface area (Å²) in [6, 6.07) is -2.38. The van der Waals surface area contributed by atoms with Crippen LogP contribution in [0.3, 0.4) is 0 Å². The maximum absolute atomic E-state index is 13.5. The number of nitrogens with one attached hydrogen (secondary N) is 3. The molecule has 1 rings (SSSR count). The minimum atomic E-state index is -2.17. The highest BCUT2D eigenvalue weighted by Gasteiger charge is 2.41. The first-order valence-electron chi connectivity index (χ1n) is 14.9. The molecule has 1 aliphatic heterocycles. The Morgan fingerprint density at radius 1 is 1.12 bits per heavy atom. The molecule has 0 aromatic heterocycles. The van der Waals surface area contributed by atoms with Crippen LogP contribution in [0.2, 0.25) is 18.1 Å². The second-order valence-electron chi connectivity index (χ2n) is 13.2. The molecule has 6 atom stereocenters. The Hall–Kier alpha value is -0.923. The number of aliphatic hydroxyl groups excluding tert-OH is 1. The van der Waals surface area contributed by atoms with Crippen LogP contribution >= 0.6 is 34.8 Å². The van der Waals surface area contributed by atoms with Crippen molar-refractivity contribution < 1.29 is 28.7 Å². The Morgan fingerprint density at radius 2 is 1.72 bits per heavy atom. The lowest BCUT2D eigenvalue weighted by Crippen LogP contribution is -2.61. The predicted octanol–water partition coefficient (Wildman–Crippen LogP) is 4.83. The van der Waals surface area contributed by atoms with Crippen LogP contribution in [0.15, 0.2) is 12.7 Å². The molecule has 1 fully saturated rings. The van der Waals surface area contributed by atoms with E-state index in [2.05, 4.69) is 56.5 Å². The standard InChI is InChI=1S/C29H53Cl3N4O6Si/c1-11-12-15-22(42-43(9,10)28(6,7)8)19(4)24(37)34-23(18(2)3)25(38)33-20(5)26(39)36-16-13-14-21(35-36)27(40)41-17-29(30,31)32/h11,18-23,27,35,40H,1,12-17H2,2-10H3,(H,33,38)(H,34,37). The number of amides is 3. The van der Waals surface area contributed by atoms with Crippen molar-refractivity contribution in [3.05, 3.63) is 12.7 Å². The smallest absolute Gasteiger partial charge is 0.258 e. The van der Waals surface area contributed by atoms with Crippen LogP contribution in [-0.2, 0) is 23.5 Å². The van der Waals surface area contributed by atoms with Crippen molar-refractivity contribution in [2.24, 2.45) is 11.8 Å². The quantitative estimate of drug-likeness (QED) is 0.0841. The van der Waals surface area contributed by atoms with Crippen molar-refractivity contribution in [1.29, 1.82) is 0 Å². The summed E-state index contributed by atoms with van der Waals surface area (Å²) in [5.74, 6) is -1.91. The SMILES string of the molecule is C=CCCC(O[Si](C)(C)C(C)(C)C)C(C)C(=O)NC(C(=O)NC(C)C(=O)N1CCCC(C(O)OCC(Cl)(Cl)Cl)N1)C(C)C. The van der Waals surface area contributed by atoms with Gasteiger partial charge >= 0.3 is 0 Å². The molecule has 0 bridgehead atoms. The Balaban J connectivity index is 2.89. The number of aliphatic hydroxyl groups is 1. The van der Waals surface area contributed by atoms with Crippen molar-refractivity contribution in [2.45, 2.75) is 127 Å². The highest BCUT2D eigenvalue weighted by molar-refractivity contribution is 6.74. The van der Waals surface area contributed by atoms with Gasteiger partial charge in [-0.1, -0.05) is 82.4 Å². The first-order chi connectivity index (χ1) is 19.6. The normalized spacial score (nSPS) is 20.1. The van der Waals surface area contributed by atoms with E-state index < -0.39 is 54.3 Å². The van der Waals surface area contributed by atoms with Crippen molar-refractivity contribution in [1.82, 2.24) is 21.1 Å². The minimum absolute atomic E-state index is 0.0303. The van der Waals surface area contributed by atoms with Gasteiger partial charge in [0.1, 0.15) is 12.1 Å². The maximum atomic E-state index is 13.5. The number of hydrogen-bond acceptors (Lipinski definition) is 7. The molecule has 0 aromatic carbocycles. The number of carbonyl (C=O) groups is 3. The van der Waals surface area contributed by atoms with E-state index in [1.54, 1.807) is 6.92 Å². The van der Waals surface area contributed by atoms with E-state index in [0.29, 0.717) is 32.2 Å². The number of halogens is 3. The number of nitrogens with zero attached hydrogens (tertiary/aromatic N) is 1. The largest absolute Gasteiger partial charge is 0.413 e.